The number of hydrogen-bond donors (Lipinski definition) is 1. The molecule has 0 spiro atoms. The number of rotatable bonds is 1. The van der Waals surface area contributed by atoms with Crippen LogP contribution in [-0.4, -0.2) is 21.1 Å². The van der Waals surface area contributed by atoms with Gasteiger partial charge in [0.2, 0.25) is 0 Å². The van der Waals surface area contributed by atoms with Gasteiger partial charge in [0.05, 0.1) is 11.2 Å². The van der Waals surface area contributed by atoms with E-state index in [1.807, 2.05) is 0 Å². The molecule has 1 aromatic heterocycles. The molecule has 0 amide bonds. The maximum Gasteiger partial charge on any atom is 0.420 e. The smallest absolute Gasteiger partial charge is 0.378 e. The van der Waals surface area contributed by atoms with Gasteiger partial charge < -0.3 is 5.11 Å². The number of fused-ring (bicyclic) bond motifs is 1. The lowest BCUT2D eigenvalue weighted by atomic mass is 10.1. The quantitative estimate of drug-likeness (QED) is 0.815. The molecule has 1 heterocycles. The number of halogens is 3. The van der Waals surface area contributed by atoms with E-state index >= 15 is 0 Å². The molecule has 3 nitrogen and oxygen atoms in total. The molecule has 0 aliphatic heterocycles. The van der Waals surface area contributed by atoms with Gasteiger partial charge in [0.25, 0.3) is 0 Å². The summed E-state index contributed by atoms with van der Waals surface area (Å²) in [6.45, 7) is 0. The highest BCUT2D eigenvalue weighted by molar-refractivity contribution is 5.81. The third-order valence-corrected chi connectivity index (χ3v) is 2.36. The zero-order valence-electron chi connectivity index (χ0n) is 8.36. The van der Waals surface area contributed by atoms with Crippen molar-refractivity contribution in [3.63, 3.8) is 0 Å². The van der Waals surface area contributed by atoms with Crippen molar-refractivity contribution in [3.8, 4) is 0 Å². The minimum absolute atomic E-state index is 0.233. The molecule has 1 aromatic carbocycles. The SMILES string of the molecule is Cn1nc2ccccc2c1[C@H](O)C(F)(F)F. The highest BCUT2D eigenvalue weighted by Gasteiger charge is 2.42. The lowest BCUT2D eigenvalue weighted by Gasteiger charge is -2.14. The zero-order chi connectivity index (χ0) is 11.9. The van der Waals surface area contributed by atoms with Gasteiger partial charge in [-0.2, -0.15) is 18.3 Å². The predicted octanol–water partition coefficient (Wildman–Crippen LogP) is 2.17. The van der Waals surface area contributed by atoms with Crippen molar-refractivity contribution in [2.45, 2.75) is 12.3 Å². The van der Waals surface area contributed by atoms with Gasteiger partial charge in [0, 0.05) is 12.4 Å². The van der Waals surface area contributed by atoms with E-state index in [0.29, 0.717) is 10.9 Å². The van der Waals surface area contributed by atoms with Gasteiger partial charge in [0.15, 0.2) is 6.10 Å². The van der Waals surface area contributed by atoms with E-state index in [-0.39, 0.29) is 5.69 Å². The Morgan fingerprint density at radius 1 is 1.31 bits per heavy atom. The van der Waals surface area contributed by atoms with Gasteiger partial charge in [-0.3, -0.25) is 4.68 Å². The fourth-order valence-corrected chi connectivity index (χ4v) is 1.65. The summed E-state index contributed by atoms with van der Waals surface area (Å²) in [4.78, 5) is 0. The van der Waals surface area contributed by atoms with Crippen LogP contribution in [0.5, 0.6) is 0 Å². The van der Waals surface area contributed by atoms with Crippen LogP contribution in [-0.2, 0) is 7.05 Å². The van der Waals surface area contributed by atoms with Crippen LogP contribution in [0, 0.1) is 0 Å². The molecule has 0 fully saturated rings. The summed E-state index contributed by atoms with van der Waals surface area (Å²) >= 11 is 0. The molecular formula is C10H9F3N2O. The average Bonchev–Trinajstić information content (AvgIpc) is 2.51. The van der Waals surface area contributed by atoms with Gasteiger partial charge in [0.1, 0.15) is 0 Å². The largest absolute Gasteiger partial charge is 0.420 e. The molecule has 0 radical (unpaired) electrons. The number of aliphatic hydroxyl groups is 1. The lowest BCUT2D eigenvalue weighted by molar-refractivity contribution is -0.208. The van der Waals surface area contributed by atoms with Crippen LogP contribution in [0.2, 0.25) is 0 Å². The van der Waals surface area contributed by atoms with Gasteiger partial charge in [-0.25, -0.2) is 0 Å². The van der Waals surface area contributed by atoms with Crippen molar-refractivity contribution >= 4 is 10.9 Å². The van der Waals surface area contributed by atoms with E-state index in [4.69, 9.17) is 0 Å². The van der Waals surface area contributed by atoms with Crippen LogP contribution in [0.3, 0.4) is 0 Å². The highest BCUT2D eigenvalue weighted by Crippen LogP contribution is 2.35. The first-order valence-corrected chi connectivity index (χ1v) is 4.57. The molecule has 0 aliphatic rings. The third-order valence-electron chi connectivity index (χ3n) is 2.36. The first-order valence-electron chi connectivity index (χ1n) is 4.57. The molecule has 16 heavy (non-hydrogen) atoms. The molecule has 1 N–H and O–H groups in total. The van der Waals surface area contributed by atoms with Crippen molar-refractivity contribution in [2.75, 3.05) is 0 Å². The molecule has 2 aromatic rings. The van der Waals surface area contributed by atoms with E-state index in [9.17, 15) is 18.3 Å². The summed E-state index contributed by atoms with van der Waals surface area (Å²) in [5, 5.41) is 13.5. The first-order chi connectivity index (χ1) is 7.41. The molecule has 0 unspecified atom stereocenters. The van der Waals surface area contributed by atoms with Crippen molar-refractivity contribution in [1.29, 1.82) is 0 Å². The zero-order valence-corrected chi connectivity index (χ0v) is 8.36. The average molecular weight is 230 g/mol. The Hall–Kier alpha value is -1.56. The summed E-state index contributed by atoms with van der Waals surface area (Å²) in [5.41, 5.74) is 0.200. The van der Waals surface area contributed by atoms with Crippen molar-refractivity contribution in [3.05, 3.63) is 30.0 Å². The second kappa shape index (κ2) is 3.48. The van der Waals surface area contributed by atoms with E-state index in [2.05, 4.69) is 5.10 Å². The van der Waals surface area contributed by atoms with Gasteiger partial charge in [-0.15, -0.1) is 0 Å². The first kappa shape index (κ1) is 10.9. The van der Waals surface area contributed by atoms with Crippen LogP contribution < -0.4 is 0 Å². The molecule has 0 aliphatic carbocycles. The molecule has 0 bridgehead atoms. The Balaban J connectivity index is 2.64. The van der Waals surface area contributed by atoms with Crippen molar-refractivity contribution in [2.24, 2.45) is 7.05 Å². The lowest BCUT2D eigenvalue weighted by Crippen LogP contribution is -2.22. The monoisotopic (exact) mass is 230 g/mol. The number of alkyl halides is 3. The van der Waals surface area contributed by atoms with Crippen LogP contribution >= 0.6 is 0 Å². The van der Waals surface area contributed by atoms with Crippen molar-refractivity contribution in [1.82, 2.24) is 9.78 Å². The fourth-order valence-electron chi connectivity index (χ4n) is 1.65. The number of hydrogen-bond acceptors (Lipinski definition) is 2. The Labute approximate surface area is 89.1 Å². The summed E-state index contributed by atoms with van der Waals surface area (Å²) in [6, 6.07) is 6.39. The molecule has 0 saturated carbocycles. The van der Waals surface area contributed by atoms with Gasteiger partial charge in [-0.05, 0) is 6.07 Å². The topological polar surface area (TPSA) is 38.0 Å². The normalized spacial score (nSPS) is 14.3. The molecule has 2 rings (SSSR count). The molecular weight excluding hydrogens is 221 g/mol. The Kier molecular flexibility index (Phi) is 2.38. The number of benzene rings is 1. The van der Waals surface area contributed by atoms with E-state index in [1.54, 1.807) is 18.2 Å². The van der Waals surface area contributed by atoms with Crippen LogP contribution in [0.25, 0.3) is 10.9 Å². The highest BCUT2D eigenvalue weighted by atomic mass is 19.4. The second-order valence-electron chi connectivity index (χ2n) is 3.47. The summed E-state index contributed by atoms with van der Waals surface area (Å²) < 4.78 is 38.3. The summed E-state index contributed by atoms with van der Waals surface area (Å²) in [7, 11) is 1.38. The maximum atomic E-state index is 12.4. The van der Waals surface area contributed by atoms with Crippen molar-refractivity contribution < 1.29 is 18.3 Å². The maximum absolute atomic E-state index is 12.4. The van der Waals surface area contributed by atoms with Crippen LogP contribution in [0.4, 0.5) is 13.2 Å². The standard InChI is InChI=1S/C10H9F3N2O/c1-15-8(9(16)10(11,12)13)6-4-2-3-5-7(6)14-15/h2-5,9,16H,1H3/t9-/m0/s1. The Bertz CT molecular complexity index is 518. The fraction of sp³-hybridized carbons (Fsp3) is 0.300. The minimum Gasteiger partial charge on any atom is -0.378 e. The number of aryl methyl sites for hydroxylation is 1. The summed E-state index contributed by atoms with van der Waals surface area (Å²) in [6.07, 6.45) is -7.19. The number of nitrogens with zero attached hydrogens (tertiary/aromatic N) is 2. The van der Waals surface area contributed by atoms with Gasteiger partial charge >= 0.3 is 6.18 Å². The Morgan fingerprint density at radius 3 is 2.56 bits per heavy atom. The van der Waals surface area contributed by atoms with E-state index in [1.165, 1.54) is 13.1 Å². The number of aromatic nitrogens is 2. The third kappa shape index (κ3) is 1.65. The van der Waals surface area contributed by atoms with E-state index in [0.717, 1.165) is 4.68 Å². The second-order valence-corrected chi connectivity index (χ2v) is 3.47. The molecule has 86 valence electrons. The summed E-state index contributed by atoms with van der Waals surface area (Å²) in [5.74, 6) is 0. The predicted molar refractivity (Wildman–Crippen MR) is 51.7 cm³/mol. The van der Waals surface area contributed by atoms with Crippen LogP contribution in [0.15, 0.2) is 24.3 Å². The molecule has 1 atom stereocenters. The molecule has 6 heteroatoms. The van der Waals surface area contributed by atoms with Crippen LogP contribution in [0.1, 0.15) is 11.8 Å². The van der Waals surface area contributed by atoms with E-state index < -0.39 is 12.3 Å². The molecule has 0 saturated heterocycles. The van der Waals surface area contributed by atoms with Gasteiger partial charge in [-0.1, -0.05) is 18.2 Å². The minimum atomic E-state index is -4.68. The number of aliphatic hydroxyl groups excluding tert-OH is 1. The Morgan fingerprint density at radius 2 is 1.94 bits per heavy atom.